The molecule has 0 aliphatic carbocycles. The summed E-state index contributed by atoms with van der Waals surface area (Å²) in [5.41, 5.74) is 2.45. The molecule has 2 heterocycles. The molecule has 8 heteroatoms. The highest BCUT2D eigenvalue weighted by molar-refractivity contribution is 6.04. The molecular weight excluding hydrogens is 422 g/mol. The summed E-state index contributed by atoms with van der Waals surface area (Å²) in [6, 6.07) is 18.7. The predicted molar refractivity (Wildman–Crippen MR) is 122 cm³/mol. The largest absolute Gasteiger partial charge is 0.497 e. The van der Waals surface area contributed by atoms with Gasteiger partial charge < -0.3 is 24.8 Å². The lowest BCUT2D eigenvalue weighted by atomic mass is 9.99. The number of benzene rings is 2. The fourth-order valence-corrected chi connectivity index (χ4v) is 3.69. The second-order valence-corrected chi connectivity index (χ2v) is 7.67. The number of aliphatic hydroxyl groups is 1. The van der Waals surface area contributed by atoms with Crippen LogP contribution in [-0.2, 0) is 16.1 Å². The van der Waals surface area contributed by atoms with Gasteiger partial charge in [-0.25, -0.2) is 0 Å². The Morgan fingerprint density at radius 2 is 1.94 bits per heavy atom. The molecule has 1 aromatic heterocycles. The topological polar surface area (TPSA) is 101 Å². The summed E-state index contributed by atoms with van der Waals surface area (Å²) < 4.78 is 10.5. The fraction of sp³-hybridized carbons (Fsp3) is 0.240. The Kier molecular flexibility index (Phi) is 6.97. The lowest BCUT2D eigenvalue weighted by Gasteiger charge is -2.38. The highest BCUT2D eigenvalue weighted by Crippen LogP contribution is 2.26. The van der Waals surface area contributed by atoms with Gasteiger partial charge >= 0.3 is 0 Å². The molecule has 0 saturated carbocycles. The number of hydrogen-bond donors (Lipinski definition) is 2. The van der Waals surface area contributed by atoms with Crippen molar-refractivity contribution in [2.75, 3.05) is 25.6 Å². The van der Waals surface area contributed by atoms with Crippen molar-refractivity contribution >= 4 is 17.5 Å². The average molecular weight is 447 g/mol. The van der Waals surface area contributed by atoms with Gasteiger partial charge in [0.25, 0.3) is 5.91 Å². The minimum Gasteiger partial charge on any atom is -0.497 e. The molecule has 2 amide bonds. The third-order valence-corrected chi connectivity index (χ3v) is 5.52. The number of nitrogens with zero attached hydrogens (tertiary/aromatic N) is 2. The molecule has 2 aromatic carbocycles. The molecule has 1 fully saturated rings. The van der Waals surface area contributed by atoms with Crippen molar-refractivity contribution in [3.05, 3.63) is 89.7 Å². The Morgan fingerprint density at radius 3 is 2.61 bits per heavy atom. The summed E-state index contributed by atoms with van der Waals surface area (Å²) in [4.78, 5) is 30.9. The average Bonchev–Trinajstić information content (AvgIpc) is 2.86. The van der Waals surface area contributed by atoms with E-state index in [1.807, 2.05) is 18.2 Å². The van der Waals surface area contributed by atoms with E-state index in [-0.39, 0.29) is 25.0 Å². The van der Waals surface area contributed by atoms with Crippen LogP contribution in [0.4, 0.5) is 5.69 Å². The summed E-state index contributed by atoms with van der Waals surface area (Å²) in [7, 11) is 1.57. The van der Waals surface area contributed by atoms with Crippen molar-refractivity contribution in [1.82, 2.24) is 9.88 Å². The maximum absolute atomic E-state index is 12.5. The minimum atomic E-state index is -0.954. The number of morpholine rings is 1. The number of nitrogens with one attached hydrogen (secondary N) is 1. The molecule has 33 heavy (non-hydrogen) atoms. The molecule has 170 valence electrons. The van der Waals surface area contributed by atoms with Gasteiger partial charge in [0.05, 0.1) is 32.0 Å². The highest BCUT2D eigenvalue weighted by Gasteiger charge is 2.34. The lowest BCUT2D eigenvalue weighted by molar-refractivity contribution is -0.155. The zero-order chi connectivity index (χ0) is 23.2. The first-order valence-electron chi connectivity index (χ1n) is 10.6. The second kappa shape index (κ2) is 10.2. The molecular formula is C25H25N3O5. The number of ether oxygens (including phenoxy) is 2. The van der Waals surface area contributed by atoms with Crippen molar-refractivity contribution < 1.29 is 24.2 Å². The minimum absolute atomic E-state index is 0.0214. The van der Waals surface area contributed by atoms with Crippen molar-refractivity contribution in [2.45, 2.75) is 18.7 Å². The van der Waals surface area contributed by atoms with E-state index in [2.05, 4.69) is 10.3 Å². The summed E-state index contributed by atoms with van der Waals surface area (Å²) in [6.07, 6.45) is 0.717. The number of aliphatic hydroxyl groups excluding tert-OH is 1. The van der Waals surface area contributed by atoms with Crippen molar-refractivity contribution in [3.63, 3.8) is 0 Å². The van der Waals surface area contributed by atoms with Crippen LogP contribution in [0.3, 0.4) is 0 Å². The number of aromatic nitrogens is 1. The van der Waals surface area contributed by atoms with Crippen LogP contribution in [0.2, 0.25) is 0 Å². The van der Waals surface area contributed by atoms with Crippen LogP contribution < -0.4 is 10.1 Å². The summed E-state index contributed by atoms with van der Waals surface area (Å²) in [5, 5.41) is 13.8. The van der Waals surface area contributed by atoms with Gasteiger partial charge in [0.1, 0.15) is 18.5 Å². The predicted octanol–water partition coefficient (Wildman–Crippen LogP) is 2.80. The Balaban J connectivity index is 1.44. The number of pyridine rings is 1. The van der Waals surface area contributed by atoms with E-state index < -0.39 is 12.1 Å². The maximum Gasteiger partial charge on any atom is 0.255 e. The number of anilines is 1. The number of carbonyl (C=O) groups is 2. The molecule has 3 aromatic rings. The van der Waals surface area contributed by atoms with Crippen molar-refractivity contribution in [3.8, 4) is 5.75 Å². The summed E-state index contributed by atoms with van der Waals surface area (Å²) >= 11 is 0. The van der Waals surface area contributed by atoms with E-state index in [0.29, 0.717) is 29.1 Å². The molecule has 0 bridgehead atoms. The van der Waals surface area contributed by atoms with Gasteiger partial charge in [0, 0.05) is 17.4 Å². The zero-order valence-electron chi connectivity index (χ0n) is 18.2. The van der Waals surface area contributed by atoms with E-state index >= 15 is 0 Å². The zero-order valence-corrected chi connectivity index (χ0v) is 18.2. The van der Waals surface area contributed by atoms with Gasteiger partial charge in [0.15, 0.2) is 0 Å². The Labute approximate surface area is 191 Å². The van der Waals surface area contributed by atoms with Gasteiger partial charge in [-0.2, -0.15) is 0 Å². The van der Waals surface area contributed by atoms with E-state index in [4.69, 9.17) is 9.47 Å². The van der Waals surface area contributed by atoms with Gasteiger partial charge in [-0.15, -0.1) is 0 Å². The molecule has 8 nitrogen and oxygen atoms in total. The quantitative estimate of drug-likeness (QED) is 0.578. The van der Waals surface area contributed by atoms with E-state index in [9.17, 15) is 14.7 Å². The molecule has 1 saturated heterocycles. The Morgan fingerprint density at radius 1 is 1.18 bits per heavy atom. The number of hydrogen-bond acceptors (Lipinski definition) is 6. The van der Waals surface area contributed by atoms with Crippen molar-refractivity contribution in [1.29, 1.82) is 0 Å². The monoisotopic (exact) mass is 447 g/mol. The number of carbonyl (C=O) groups excluding carboxylic acids is 2. The summed E-state index contributed by atoms with van der Waals surface area (Å²) in [5.74, 6) is 0.227. The standard InChI is InChI=1S/C25H25N3O5/c1-32-21-11-7-18(8-12-21)25(31)27-19-9-5-17(6-10-19)24(30)22-15-33-16-23(29)28(22)14-20-4-2-3-13-26-20/h2-13,22,24,30H,14-16H2,1H3,(H,27,31)/t22-,24-/m1/s1. The number of amides is 2. The summed E-state index contributed by atoms with van der Waals surface area (Å²) in [6.45, 7) is 0.489. The molecule has 0 radical (unpaired) electrons. The third-order valence-electron chi connectivity index (χ3n) is 5.52. The van der Waals surface area contributed by atoms with Crippen LogP contribution in [0.25, 0.3) is 0 Å². The van der Waals surface area contributed by atoms with Gasteiger partial charge in [-0.05, 0) is 54.1 Å². The fourth-order valence-electron chi connectivity index (χ4n) is 3.69. The first-order chi connectivity index (χ1) is 16.0. The van der Waals surface area contributed by atoms with Gasteiger partial charge in [0.2, 0.25) is 5.91 Å². The Bertz CT molecular complexity index is 1090. The first kappa shape index (κ1) is 22.4. The van der Waals surface area contributed by atoms with E-state index in [0.717, 1.165) is 5.69 Å². The van der Waals surface area contributed by atoms with E-state index in [1.54, 1.807) is 66.7 Å². The van der Waals surface area contributed by atoms with Crippen LogP contribution in [0.1, 0.15) is 27.7 Å². The van der Waals surface area contributed by atoms with Gasteiger partial charge in [-0.1, -0.05) is 18.2 Å². The Hall–Kier alpha value is -3.75. The first-order valence-corrected chi connectivity index (χ1v) is 10.6. The van der Waals surface area contributed by atoms with Gasteiger partial charge in [-0.3, -0.25) is 14.6 Å². The number of rotatable bonds is 7. The second-order valence-electron chi connectivity index (χ2n) is 7.67. The molecule has 2 atom stereocenters. The molecule has 2 N–H and O–H groups in total. The number of methoxy groups -OCH3 is 1. The maximum atomic E-state index is 12.5. The van der Waals surface area contributed by atoms with Crippen LogP contribution in [-0.4, -0.2) is 53.2 Å². The molecule has 4 rings (SSSR count). The third kappa shape index (κ3) is 5.36. The van der Waals surface area contributed by atoms with Crippen LogP contribution in [0.15, 0.2) is 72.9 Å². The molecule has 1 aliphatic heterocycles. The van der Waals surface area contributed by atoms with Crippen LogP contribution in [0, 0.1) is 0 Å². The lowest BCUT2D eigenvalue weighted by Crippen LogP contribution is -2.51. The normalized spacial score (nSPS) is 16.8. The van der Waals surface area contributed by atoms with E-state index in [1.165, 1.54) is 0 Å². The highest BCUT2D eigenvalue weighted by atomic mass is 16.5. The van der Waals surface area contributed by atoms with Crippen LogP contribution in [0.5, 0.6) is 5.75 Å². The molecule has 0 spiro atoms. The van der Waals surface area contributed by atoms with Crippen molar-refractivity contribution in [2.24, 2.45) is 0 Å². The van der Waals surface area contributed by atoms with Crippen LogP contribution >= 0.6 is 0 Å². The molecule has 0 unspecified atom stereocenters. The molecule has 1 aliphatic rings. The smallest absolute Gasteiger partial charge is 0.255 e. The SMILES string of the molecule is COc1ccc(C(=O)Nc2ccc([C@@H](O)[C@H]3COCC(=O)N3Cc3ccccn3)cc2)cc1.